The van der Waals surface area contributed by atoms with Crippen LogP contribution in [0.4, 0.5) is 0 Å². The lowest BCUT2D eigenvalue weighted by Gasteiger charge is -1.89. The number of hydrogen-bond donors (Lipinski definition) is 0. The van der Waals surface area contributed by atoms with Gasteiger partial charge in [-0.15, -0.1) is 21.8 Å². The number of nitrogens with zero attached hydrogens (tertiary/aromatic N) is 3. The molecular formula is C4H6ClN3. The van der Waals surface area contributed by atoms with Crippen LogP contribution in [-0.4, -0.2) is 14.8 Å². The van der Waals surface area contributed by atoms with E-state index < -0.39 is 0 Å². The Morgan fingerprint density at radius 2 is 2.62 bits per heavy atom. The third-order valence-corrected chi connectivity index (χ3v) is 1.16. The minimum atomic E-state index is 0.427. The molecule has 0 aliphatic rings. The van der Waals surface area contributed by atoms with Crippen molar-refractivity contribution in [3.05, 3.63) is 12.2 Å². The van der Waals surface area contributed by atoms with Gasteiger partial charge in [-0.25, -0.2) is 0 Å². The van der Waals surface area contributed by atoms with Crippen LogP contribution in [0.15, 0.2) is 6.33 Å². The summed E-state index contributed by atoms with van der Waals surface area (Å²) in [6, 6.07) is 0. The number of rotatable bonds is 1. The molecule has 8 heavy (non-hydrogen) atoms. The fourth-order valence-corrected chi connectivity index (χ4v) is 0.670. The van der Waals surface area contributed by atoms with Crippen molar-refractivity contribution in [3.8, 4) is 0 Å². The van der Waals surface area contributed by atoms with Crippen LogP contribution in [0.1, 0.15) is 5.82 Å². The summed E-state index contributed by atoms with van der Waals surface area (Å²) in [5.74, 6) is 1.22. The molecule has 3 nitrogen and oxygen atoms in total. The van der Waals surface area contributed by atoms with Gasteiger partial charge in [0.1, 0.15) is 12.2 Å². The Bertz CT molecular complexity index is 172. The van der Waals surface area contributed by atoms with Gasteiger partial charge in [0.2, 0.25) is 0 Å². The fourth-order valence-electron chi connectivity index (χ4n) is 0.428. The van der Waals surface area contributed by atoms with E-state index in [0.29, 0.717) is 5.88 Å². The predicted octanol–water partition coefficient (Wildman–Crippen LogP) is 0.554. The first-order valence-electron chi connectivity index (χ1n) is 2.23. The SMILES string of the molecule is Cn1cnnc1CCl. The van der Waals surface area contributed by atoms with Crippen LogP contribution in [0.2, 0.25) is 0 Å². The van der Waals surface area contributed by atoms with E-state index in [1.807, 2.05) is 7.05 Å². The van der Waals surface area contributed by atoms with E-state index in [2.05, 4.69) is 10.2 Å². The van der Waals surface area contributed by atoms with Crippen molar-refractivity contribution in [1.29, 1.82) is 0 Å². The van der Waals surface area contributed by atoms with Crippen molar-refractivity contribution < 1.29 is 0 Å². The number of aromatic nitrogens is 3. The van der Waals surface area contributed by atoms with Crippen LogP contribution in [0, 0.1) is 0 Å². The minimum Gasteiger partial charge on any atom is -0.320 e. The lowest BCUT2D eigenvalue weighted by atomic mass is 10.7. The standard InChI is InChI=1S/C4H6ClN3/c1-8-3-6-7-4(8)2-5/h3H,2H2,1H3. The third-order valence-electron chi connectivity index (χ3n) is 0.925. The molecular weight excluding hydrogens is 126 g/mol. The number of aryl methyl sites for hydroxylation is 1. The molecule has 1 rings (SSSR count). The highest BCUT2D eigenvalue weighted by molar-refractivity contribution is 6.16. The summed E-state index contributed by atoms with van der Waals surface area (Å²) in [6.07, 6.45) is 1.62. The number of hydrogen-bond acceptors (Lipinski definition) is 2. The smallest absolute Gasteiger partial charge is 0.147 e. The molecule has 0 aromatic carbocycles. The van der Waals surface area contributed by atoms with Gasteiger partial charge in [-0.3, -0.25) is 0 Å². The molecule has 0 saturated heterocycles. The molecule has 0 fully saturated rings. The quantitative estimate of drug-likeness (QED) is 0.522. The topological polar surface area (TPSA) is 30.7 Å². The monoisotopic (exact) mass is 131 g/mol. The molecule has 0 bridgehead atoms. The number of alkyl halides is 1. The maximum Gasteiger partial charge on any atom is 0.147 e. The van der Waals surface area contributed by atoms with Crippen LogP contribution in [0.25, 0.3) is 0 Å². The molecule has 0 spiro atoms. The van der Waals surface area contributed by atoms with Crippen molar-refractivity contribution in [2.24, 2.45) is 7.05 Å². The molecule has 1 aromatic rings. The van der Waals surface area contributed by atoms with Crippen molar-refractivity contribution >= 4 is 11.6 Å². The van der Waals surface area contributed by atoms with Gasteiger partial charge < -0.3 is 4.57 Å². The summed E-state index contributed by atoms with van der Waals surface area (Å²) in [4.78, 5) is 0. The van der Waals surface area contributed by atoms with Gasteiger partial charge in [-0.2, -0.15) is 0 Å². The van der Waals surface area contributed by atoms with E-state index in [1.165, 1.54) is 0 Å². The first-order valence-corrected chi connectivity index (χ1v) is 2.77. The van der Waals surface area contributed by atoms with Crippen molar-refractivity contribution in [3.63, 3.8) is 0 Å². The van der Waals surface area contributed by atoms with Gasteiger partial charge in [0.25, 0.3) is 0 Å². The Morgan fingerprint density at radius 3 is 2.88 bits per heavy atom. The Morgan fingerprint density at radius 1 is 1.88 bits per heavy atom. The second-order valence-electron chi connectivity index (χ2n) is 1.49. The molecule has 0 radical (unpaired) electrons. The van der Waals surface area contributed by atoms with Gasteiger partial charge in [0, 0.05) is 7.05 Å². The highest BCUT2D eigenvalue weighted by Crippen LogP contribution is 1.94. The van der Waals surface area contributed by atoms with Crippen LogP contribution in [0.5, 0.6) is 0 Å². The summed E-state index contributed by atoms with van der Waals surface area (Å²) in [6.45, 7) is 0. The second-order valence-corrected chi connectivity index (χ2v) is 1.76. The highest BCUT2D eigenvalue weighted by atomic mass is 35.5. The zero-order valence-electron chi connectivity index (χ0n) is 4.50. The van der Waals surface area contributed by atoms with Crippen molar-refractivity contribution in [2.75, 3.05) is 0 Å². The zero-order valence-corrected chi connectivity index (χ0v) is 5.26. The van der Waals surface area contributed by atoms with E-state index >= 15 is 0 Å². The van der Waals surface area contributed by atoms with Gasteiger partial charge in [-0.1, -0.05) is 0 Å². The molecule has 0 atom stereocenters. The molecule has 1 heterocycles. The minimum absolute atomic E-state index is 0.427. The summed E-state index contributed by atoms with van der Waals surface area (Å²) in [7, 11) is 1.86. The van der Waals surface area contributed by atoms with Crippen LogP contribution < -0.4 is 0 Å². The van der Waals surface area contributed by atoms with E-state index in [0.717, 1.165) is 5.82 Å². The summed E-state index contributed by atoms with van der Waals surface area (Å²) < 4.78 is 1.78. The molecule has 0 unspecified atom stereocenters. The molecule has 1 aromatic heterocycles. The van der Waals surface area contributed by atoms with Crippen molar-refractivity contribution in [1.82, 2.24) is 14.8 Å². The van der Waals surface area contributed by atoms with Crippen LogP contribution in [-0.2, 0) is 12.9 Å². The number of halogens is 1. The van der Waals surface area contributed by atoms with Crippen LogP contribution >= 0.6 is 11.6 Å². The van der Waals surface area contributed by atoms with E-state index in [1.54, 1.807) is 10.9 Å². The Hall–Kier alpha value is -0.570. The van der Waals surface area contributed by atoms with E-state index in [4.69, 9.17) is 11.6 Å². The van der Waals surface area contributed by atoms with E-state index in [-0.39, 0.29) is 0 Å². The molecule has 0 saturated carbocycles. The summed E-state index contributed by atoms with van der Waals surface area (Å²) in [5.41, 5.74) is 0. The van der Waals surface area contributed by atoms with Crippen molar-refractivity contribution in [2.45, 2.75) is 5.88 Å². The zero-order chi connectivity index (χ0) is 5.98. The fraction of sp³-hybridized carbons (Fsp3) is 0.500. The second kappa shape index (κ2) is 2.13. The normalized spacial score (nSPS) is 9.75. The highest BCUT2D eigenvalue weighted by Gasteiger charge is 1.93. The first kappa shape index (κ1) is 5.56. The van der Waals surface area contributed by atoms with Gasteiger partial charge in [0.15, 0.2) is 0 Å². The van der Waals surface area contributed by atoms with Crippen LogP contribution in [0.3, 0.4) is 0 Å². The van der Waals surface area contributed by atoms with Gasteiger partial charge in [-0.05, 0) is 0 Å². The largest absolute Gasteiger partial charge is 0.320 e. The average Bonchev–Trinajstić information content (AvgIpc) is 2.14. The third kappa shape index (κ3) is 0.816. The predicted molar refractivity (Wildman–Crippen MR) is 30.6 cm³/mol. The Labute approximate surface area is 52.3 Å². The molecule has 0 N–H and O–H groups in total. The Kier molecular flexibility index (Phi) is 1.48. The van der Waals surface area contributed by atoms with E-state index in [9.17, 15) is 0 Å². The summed E-state index contributed by atoms with van der Waals surface area (Å²) in [5, 5.41) is 7.34. The maximum absolute atomic E-state index is 5.45. The molecule has 44 valence electrons. The lowest BCUT2D eigenvalue weighted by Crippen LogP contribution is -1.91. The maximum atomic E-state index is 5.45. The van der Waals surface area contributed by atoms with Gasteiger partial charge >= 0.3 is 0 Å². The van der Waals surface area contributed by atoms with Gasteiger partial charge in [0.05, 0.1) is 5.88 Å². The average molecular weight is 132 g/mol. The summed E-state index contributed by atoms with van der Waals surface area (Å²) >= 11 is 5.45. The molecule has 0 aliphatic heterocycles. The lowest BCUT2D eigenvalue weighted by molar-refractivity contribution is 0.847. The Balaban J connectivity index is 2.92. The molecule has 4 heteroatoms. The molecule has 0 aliphatic carbocycles. The molecule has 0 amide bonds. The first-order chi connectivity index (χ1) is 3.84.